The van der Waals surface area contributed by atoms with E-state index in [0.717, 1.165) is 17.0 Å². The number of nitrogens with two attached hydrogens (primary N) is 1. The van der Waals surface area contributed by atoms with Gasteiger partial charge in [0.25, 0.3) is 0 Å². The summed E-state index contributed by atoms with van der Waals surface area (Å²) in [4.78, 5) is 2.25. The van der Waals surface area contributed by atoms with Crippen molar-refractivity contribution >= 4 is 11.5 Å². The molecule has 5 nitrogen and oxygen atoms in total. The first-order chi connectivity index (χ1) is 10.2. The van der Waals surface area contributed by atoms with Crippen molar-refractivity contribution in [2.45, 2.75) is 44.6 Å². The zero-order valence-electron chi connectivity index (χ0n) is 12.9. The molecule has 1 aliphatic carbocycles. The van der Waals surface area contributed by atoms with Crippen molar-refractivity contribution in [2.24, 2.45) is 10.9 Å². The summed E-state index contributed by atoms with van der Waals surface area (Å²) in [6, 6.07) is 6.12. The molecule has 116 valence electrons. The lowest BCUT2D eigenvalue weighted by Gasteiger charge is -2.31. The summed E-state index contributed by atoms with van der Waals surface area (Å²) >= 11 is 0. The van der Waals surface area contributed by atoms with Gasteiger partial charge in [-0.3, -0.25) is 0 Å². The van der Waals surface area contributed by atoms with Crippen molar-refractivity contribution < 1.29 is 9.94 Å². The fourth-order valence-electron chi connectivity index (χ4n) is 3.04. The average Bonchev–Trinajstić information content (AvgIpc) is 2.82. The minimum atomic E-state index is 0.133. The van der Waals surface area contributed by atoms with Gasteiger partial charge in [-0.2, -0.15) is 0 Å². The van der Waals surface area contributed by atoms with Gasteiger partial charge < -0.3 is 20.6 Å². The van der Waals surface area contributed by atoms with Gasteiger partial charge in [0.1, 0.15) is 5.75 Å². The number of hydrogen-bond donors (Lipinski definition) is 2. The highest BCUT2D eigenvalue weighted by molar-refractivity contribution is 6.02. The van der Waals surface area contributed by atoms with Crippen LogP contribution >= 0.6 is 0 Å². The quantitative estimate of drug-likeness (QED) is 0.294. The summed E-state index contributed by atoms with van der Waals surface area (Å²) in [5, 5.41) is 12.1. The first-order valence-electron chi connectivity index (χ1n) is 7.56. The van der Waals surface area contributed by atoms with Crippen LogP contribution in [0.5, 0.6) is 5.75 Å². The Hall–Kier alpha value is -1.91. The van der Waals surface area contributed by atoms with E-state index in [2.05, 4.69) is 17.1 Å². The highest BCUT2D eigenvalue weighted by atomic mass is 16.5. The predicted molar refractivity (Wildman–Crippen MR) is 85.4 cm³/mol. The van der Waals surface area contributed by atoms with Gasteiger partial charge in [0.2, 0.25) is 0 Å². The van der Waals surface area contributed by atoms with E-state index in [1.165, 1.54) is 38.5 Å². The Bertz CT molecular complexity index is 494. The van der Waals surface area contributed by atoms with Crippen molar-refractivity contribution in [1.82, 2.24) is 0 Å². The van der Waals surface area contributed by atoms with Crippen LogP contribution in [0.2, 0.25) is 0 Å². The standard InChI is InChI=1S/C16H25N3O2/c1-19(12-7-5-3-4-6-8-12)15-11-13(21-2)9-10-14(15)16(17)18-20/h9-12,20H,3-8H2,1-2H3,(H2,17,18). The van der Waals surface area contributed by atoms with E-state index >= 15 is 0 Å². The molecule has 1 aliphatic rings. The van der Waals surface area contributed by atoms with Crippen molar-refractivity contribution in [3.63, 3.8) is 0 Å². The summed E-state index contributed by atoms with van der Waals surface area (Å²) in [7, 11) is 3.73. The van der Waals surface area contributed by atoms with Gasteiger partial charge in [0.05, 0.1) is 12.8 Å². The molecule has 1 aromatic rings. The molecule has 21 heavy (non-hydrogen) atoms. The maximum atomic E-state index is 8.99. The van der Waals surface area contributed by atoms with Crippen LogP contribution < -0.4 is 15.4 Å². The van der Waals surface area contributed by atoms with Crippen molar-refractivity contribution in [2.75, 3.05) is 19.1 Å². The third-order valence-electron chi connectivity index (χ3n) is 4.34. The second-order valence-corrected chi connectivity index (χ2v) is 5.62. The Labute approximate surface area is 126 Å². The molecule has 0 bridgehead atoms. The molecule has 1 fully saturated rings. The van der Waals surface area contributed by atoms with E-state index in [1.54, 1.807) is 7.11 Å². The smallest absolute Gasteiger partial charge is 0.172 e. The molecular formula is C16H25N3O2. The first kappa shape index (κ1) is 15.5. The third-order valence-corrected chi connectivity index (χ3v) is 4.34. The summed E-state index contributed by atoms with van der Waals surface area (Å²) in [5.41, 5.74) is 7.51. The maximum Gasteiger partial charge on any atom is 0.172 e. The molecular weight excluding hydrogens is 266 g/mol. The number of benzene rings is 1. The molecule has 0 aliphatic heterocycles. The van der Waals surface area contributed by atoms with Gasteiger partial charge in [-0.1, -0.05) is 30.8 Å². The largest absolute Gasteiger partial charge is 0.497 e. The minimum Gasteiger partial charge on any atom is -0.497 e. The molecule has 0 heterocycles. The number of rotatable bonds is 4. The Morgan fingerprint density at radius 1 is 1.29 bits per heavy atom. The SMILES string of the molecule is COc1ccc(/C(N)=N/O)c(N(C)C2CCCCCC2)c1. The zero-order chi connectivity index (χ0) is 15.2. The highest BCUT2D eigenvalue weighted by Crippen LogP contribution is 2.30. The molecule has 0 unspecified atom stereocenters. The van der Waals surface area contributed by atoms with Crippen LogP contribution in [0.3, 0.4) is 0 Å². The summed E-state index contributed by atoms with van der Waals surface area (Å²) in [5.74, 6) is 0.910. The lowest BCUT2D eigenvalue weighted by atomic mass is 10.0. The maximum absolute atomic E-state index is 8.99. The fourth-order valence-corrected chi connectivity index (χ4v) is 3.04. The Balaban J connectivity index is 2.34. The van der Waals surface area contributed by atoms with E-state index in [-0.39, 0.29) is 5.84 Å². The molecule has 2 rings (SSSR count). The Morgan fingerprint density at radius 3 is 2.52 bits per heavy atom. The molecule has 3 N–H and O–H groups in total. The first-order valence-corrected chi connectivity index (χ1v) is 7.56. The average molecular weight is 291 g/mol. The van der Waals surface area contributed by atoms with Crippen LogP contribution in [0.15, 0.2) is 23.4 Å². The van der Waals surface area contributed by atoms with Gasteiger partial charge >= 0.3 is 0 Å². The molecule has 0 atom stereocenters. The second kappa shape index (κ2) is 7.20. The van der Waals surface area contributed by atoms with Gasteiger partial charge in [-0.05, 0) is 25.0 Å². The van der Waals surface area contributed by atoms with Gasteiger partial charge in [0, 0.05) is 24.7 Å². The van der Waals surface area contributed by atoms with E-state index in [9.17, 15) is 0 Å². The zero-order valence-corrected chi connectivity index (χ0v) is 12.9. The number of methoxy groups -OCH3 is 1. The molecule has 0 spiro atoms. The minimum absolute atomic E-state index is 0.133. The van der Waals surface area contributed by atoms with Crippen molar-refractivity contribution in [3.05, 3.63) is 23.8 Å². The molecule has 1 aromatic carbocycles. The molecule has 0 radical (unpaired) electrons. The topological polar surface area (TPSA) is 71.1 Å². The van der Waals surface area contributed by atoms with Crippen molar-refractivity contribution in [3.8, 4) is 5.75 Å². The van der Waals surface area contributed by atoms with Crippen LogP contribution in [-0.2, 0) is 0 Å². The number of oxime groups is 1. The predicted octanol–water partition coefficient (Wildman–Crippen LogP) is 2.95. The highest BCUT2D eigenvalue weighted by Gasteiger charge is 2.21. The molecule has 1 saturated carbocycles. The number of ether oxygens (including phenoxy) is 1. The lowest BCUT2D eigenvalue weighted by Crippen LogP contribution is -2.33. The Kier molecular flexibility index (Phi) is 5.31. The van der Waals surface area contributed by atoms with Crippen molar-refractivity contribution in [1.29, 1.82) is 0 Å². The second-order valence-electron chi connectivity index (χ2n) is 5.62. The summed E-state index contributed by atoms with van der Waals surface area (Å²) in [6.45, 7) is 0. The number of hydrogen-bond acceptors (Lipinski definition) is 4. The molecule has 5 heteroatoms. The summed E-state index contributed by atoms with van der Waals surface area (Å²) in [6.07, 6.45) is 7.52. The number of nitrogens with zero attached hydrogens (tertiary/aromatic N) is 2. The van der Waals surface area contributed by atoms with E-state index in [1.807, 2.05) is 18.2 Å². The van der Waals surface area contributed by atoms with Crippen LogP contribution in [0.4, 0.5) is 5.69 Å². The molecule has 0 amide bonds. The van der Waals surface area contributed by atoms with Gasteiger partial charge in [-0.25, -0.2) is 0 Å². The van der Waals surface area contributed by atoms with Crippen LogP contribution in [0.1, 0.15) is 44.1 Å². The molecule has 0 aromatic heterocycles. The number of amidine groups is 1. The normalized spacial score (nSPS) is 17.3. The fraction of sp³-hybridized carbons (Fsp3) is 0.562. The lowest BCUT2D eigenvalue weighted by molar-refractivity contribution is 0.318. The third kappa shape index (κ3) is 3.60. The monoisotopic (exact) mass is 291 g/mol. The van der Waals surface area contributed by atoms with Gasteiger partial charge in [0.15, 0.2) is 5.84 Å². The van der Waals surface area contributed by atoms with E-state index in [4.69, 9.17) is 15.7 Å². The van der Waals surface area contributed by atoms with E-state index < -0.39 is 0 Å². The van der Waals surface area contributed by atoms with E-state index in [0.29, 0.717) is 6.04 Å². The Morgan fingerprint density at radius 2 is 1.95 bits per heavy atom. The van der Waals surface area contributed by atoms with Gasteiger partial charge in [-0.15, -0.1) is 0 Å². The van der Waals surface area contributed by atoms with Crippen LogP contribution in [-0.4, -0.2) is 31.2 Å². The number of anilines is 1. The summed E-state index contributed by atoms with van der Waals surface area (Å²) < 4.78 is 5.32. The van der Waals surface area contributed by atoms with Crippen LogP contribution in [0, 0.1) is 0 Å². The molecule has 0 saturated heterocycles. The van der Waals surface area contributed by atoms with Crippen LogP contribution in [0.25, 0.3) is 0 Å².